The van der Waals surface area contributed by atoms with E-state index in [1.807, 2.05) is 0 Å². The second-order valence-corrected chi connectivity index (χ2v) is 4.47. The Morgan fingerprint density at radius 2 is 1.84 bits per heavy atom. The summed E-state index contributed by atoms with van der Waals surface area (Å²) in [6, 6.07) is 5.95. The normalized spacial score (nSPS) is 11.4. The third-order valence-electron chi connectivity index (χ3n) is 2.15. The number of benzene rings is 1. The van der Waals surface area contributed by atoms with Gasteiger partial charge in [0.05, 0.1) is 6.20 Å². The highest BCUT2D eigenvalue weighted by Gasteiger charge is 2.32. The van der Waals surface area contributed by atoms with Crippen molar-refractivity contribution in [1.82, 2.24) is 4.98 Å². The van der Waals surface area contributed by atoms with Gasteiger partial charge in [0.15, 0.2) is 11.6 Å². The third-order valence-corrected chi connectivity index (χ3v) is 2.64. The molecule has 0 aliphatic heterocycles. The van der Waals surface area contributed by atoms with Gasteiger partial charge in [-0.05, 0) is 30.3 Å². The van der Waals surface area contributed by atoms with Crippen molar-refractivity contribution in [2.24, 2.45) is 0 Å². The molecule has 1 heterocycles. The molecule has 0 unspecified atom stereocenters. The first kappa shape index (κ1) is 13.8. The van der Waals surface area contributed by atoms with Crippen molar-refractivity contribution in [1.29, 1.82) is 0 Å². The average molecular weight is 336 g/mol. The number of hydrogen-bond acceptors (Lipinski definition) is 2. The number of rotatable bonds is 2. The molecular weight excluding hydrogens is 330 g/mol. The van der Waals surface area contributed by atoms with Crippen LogP contribution in [-0.4, -0.2) is 4.98 Å². The highest BCUT2D eigenvalue weighted by atomic mass is 79.9. The first-order chi connectivity index (χ1) is 8.86. The Morgan fingerprint density at radius 1 is 1.11 bits per heavy atom. The standard InChI is InChI=1S/C12H6BrF4NO/c13-7-1-3-10(9(14)5-7)19-8-2-4-11(18-6-8)12(15,16)17/h1-6H. The second kappa shape index (κ2) is 5.16. The van der Waals surface area contributed by atoms with E-state index in [-0.39, 0.29) is 11.5 Å². The van der Waals surface area contributed by atoms with Crippen molar-refractivity contribution in [3.05, 3.63) is 52.5 Å². The number of ether oxygens (including phenoxy) is 1. The van der Waals surface area contributed by atoms with E-state index in [1.165, 1.54) is 12.1 Å². The van der Waals surface area contributed by atoms with Crippen LogP contribution in [0.15, 0.2) is 41.0 Å². The predicted molar refractivity (Wildman–Crippen MR) is 63.4 cm³/mol. The van der Waals surface area contributed by atoms with Crippen molar-refractivity contribution in [3.8, 4) is 11.5 Å². The minimum atomic E-state index is -4.51. The molecule has 0 saturated carbocycles. The zero-order valence-electron chi connectivity index (χ0n) is 9.21. The van der Waals surface area contributed by atoms with Crippen LogP contribution < -0.4 is 4.74 Å². The molecular formula is C12H6BrF4NO. The average Bonchev–Trinajstić information content (AvgIpc) is 2.32. The van der Waals surface area contributed by atoms with E-state index in [2.05, 4.69) is 20.9 Å². The molecule has 0 aliphatic rings. The van der Waals surface area contributed by atoms with Gasteiger partial charge in [-0.2, -0.15) is 13.2 Å². The topological polar surface area (TPSA) is 22.1 Å². The van der Waals surface area contributed by atoms with Gasteiger partial charge in [0.25, 0.3) is 0 Å². The van der Waals surface area contributed by atoms with Crippen molar-refractivity contribution < 1.29 is 22.3 Å². The zero-order valence-corrected chi connectivity index (χ0v) is 10.8. The second-order valence-electron chi connectivity index (χ2n) is 3.55. The molecule has 0 spiro atoms. The highest BCUT2D eigenvalue weighted by molar-refractivity contribution is 9.10. The van der Waals surface area contributed by atoms with E-state index in [0.717, 1.165) is 18.3 Å². The summed E-state index contributed by atoms with van der Waals surface area (Å²) in [5, 5.41) is 0. The summed E-state index contributed by atoms with van der Waals surface area (Å²) in [7, 11) is 0. The van der Waals surface area contributed by atoms with Crippen molar-refractivity contribution >= 4 is 15.9 Å². The zero-order chi connectivity index (χ0) is 14.0. The van der Waals surface area contributed by atoms with Crippen LogP contribution in [0.5, 0.6) is 11.5 Å². The van der Waals surface area contributed by atoms with E-state index in [9.17, 15) is 17.6 Å². The molecule has 100 valence electrons. The summed E-state index contributed by atoms with van der Waals surface area (Å²) in [5.74, 6) is -0.701. The maximum absolute atomic E-state index is 13.4. The van der Waals surface area contributed by atoms with E-state index in [4.69, 9.17) is 4.74 Å². The van der Waals surface area contributed by atoms with Gasteiger partial charge in [0.1, 0.15) is 11.4 Å². The van der Waals surface area contributed by atoms with Gasteiger partial charge in [-0.25, -0.2) is 9.37 Å². The summed E-state index contributed by atoms with van der Waals surface area (Å²) in [6.07, 6.45) is -3.62. The SMILES string of the molecule is Fc1cc(Br)ccc1Oc1ccc(C(F)(F)F)nc1. The molecule has 0 aliphatic carbocycles. The van der Waals surface area contributed by atoms with Crippen LogP contribution in [0.3, 0.4) is 0 Å². The molecule has 1 aromatic heterocycles. The van der Waals surface area contributed by atoms with Gasteiger partial charge in [-0.3, -0.25) is 0 Å². The van der Waals surface area contributed by atoms with Gasteiger partial charge in [0, 0.05) is 4.47 Å². The lowest BCUT2D eigenvalue weighted by atomic mass is 10.3. The van der Waals surface area contributed by atoms with E-state index in [0.29, 0.717) is 4.47 Å². The van der Waals surface area contributed by atoms with Crippen LogP contribution in [0.2, 0.25) is 0 Å². The Hall–Kier alpha value is -1.63. The first-order valence-corrected chi connectivity index (χ1v) is 5.82. The maximum Gasteiger partial charge on any atom is 0.433 e. The van der Waals surface area contributed by atoms with Crippen LogP contribution in [0.25, 0.3) is 0 Å². The summed E-state index contributed by atoms with van der Waals surface area (Å²) >= 11 is 3.08. The third kappa shape index (κ3) is 3.44. The number of halogens is 5. The fourth-order valence-corrected chi connectivity index (χ4v) is 1.63. The number of pyridine rings is 1. The van der Waals surface area contributed by atoms with Gasteiger partial charge >= 0.3 is 6.18 Å². The van der Waals surface area contributed by atoms with Crippen LogP contribution in [0.4, 0.5) is 17.6 Å². The summed E-state index contributed by atoms with van der Waals surface area (Å²) < 4.78 is 55.9. The van der Waals surface area contributed by atoms with Crippen molar-refractivity contribution in [3.63, 3.8) is 0 Å². The summed E-state index contributed by atoms with van der Waals surface area (Å²) in [5.41, 5.74) is -1.03. The van der Waals surface area contributed by atoms with Crippen LogP contribution >= 0.6 is 15.9 Å². The Morgan fingerprint density at radius 3 is 2.37 bits per heavy atom. The fourth-order valence-electron chi connectivity index (χ4n) is 1.29. The van der Waals surface area contributed by atoms with Gasteiger partial charge in [0.2, 0.25) is 0 Å². The minimum Gasteiger partial charge on any atom is -0.453 e. The molecule has 2 rings (SSSR count). The van der Waals surface area contributed by atoms with Gasteiger partial charge in [-0.1, -0.05) is 15.9 Å². The Balaban J connectivity index is 2.20. The fraction of sp³-hybridized carbons (Fsp3) is 0.0833. The molecule has 1 aromatic carbocycles. The largest absolute Gasteiger partial charge is 0.453 e. The van der Waals surface area contributed by atoms with Gasteiger partial charge in [-0.15, -0.1) is 0 Å². The molecule has 0 fully saturated rings. The quantitative estimate of drug-likeness (QED) is 0.736. The minimum absolute atomic E-state index is 0.0224. The van der Waals surface area contributed by atoms with Crippen LogP contribution in [-0.2, 0) is 6.18 Å². The highest BCUT2D eigenvalue weighted by Crippen LogP contribution is 2.30. The Kier molecular flexibility index (Phi) is 3.75. The molecule has 0 saturated heterocycles. The molecule has 0 bridgehead atoms. The van der Waals surface area contributed by atoms with E-state index >= 15 is 0 Å². The number of alkyl halides is 3. The maximum atomic E-state index is 13.4. The van der Waals surface area contributed by atoms with E-state index < -0.39 is 17.7 Å². The number of hydrogen-bond donors (Lipinski definition) is 0. The lowest BCUT2D eigenvalue weighted by Gasteiger charge is -2.08. The van der Waals surface area contributed by atoms with Gasteiger partial charge < -0.3 is 4.74 Å². The lowest BCUT2D eigenvalue weighted by molar-refractivity contribution is -0.141. The monoisotopic (exact) mass is 335 g/mol. The van der Waals surface area contributed by atoms with Crippen molar-refractivity contribution in [2.45, 2.75) is 6.18 Å². The molecule has 0 radical (unpaired) electrons. The van der Waals surface area contributed by atoms with Crippen LogP contribution in [0.1, 0.15) is 5.69 Å². The number of aromatic nitrogens is 1. The molecule has 0 atom stereocenters. The molecule has 2 aromatic rings. The summed E-state index contributed by atoms with van der Waals surface area (Å²) in [6.45, 7) is 0. The Labute approximate surface area is 114 Å². The van der Waals surface area contributed by atoms with Crippen molar-refractivity contribution in [2.75, 3.05) is 0 Å². The lowest BCUT2D eigenvalue weighted by Crippen LogP contribution is -2.07. The smallest absolute Gasteiger partial charge is 0.433 e. The molecule has 2 nitrogen and oxygen atoms in total. The Bertz CT molecular complexity index is 583. The summed E-state index contributed by atoms with van der Waals surface area (Å²) in [4.78, 5) is 3.21. The first-order valence-electron chi connectivity index (χ1n) is 5.02. The molecule has 0 amide bonds. The van der Waals surface area contributed by atoms with E-state index in [1.54, 1.807) is 6.07 Å². The van der Waals surface area contributed by atoms with Crippen LogP contribution in [0, 0.1) is 5.82 Å². The molecule has 7 heteroatoms. The predicted octanol–water partition coefficient (Wildman–Crippen LogP) is 4.79. The molecule has 19 heavy (non-hydrogen) atoms. The number of nitrogens with zero attached hydrogens (tertiary/aromatic N) is 1. The molecule has 0 N–H and O–H groups in total.